The van der Waals surface area contributed by atoms with Gasteiger partial charge in [0.05, 0.1) is 10.00 Å². The van der Waals surface area contributed by atoms with E-state index in [2.05, 4.69) is 9.71 Å². The van der Waals surface area contributed by atoms with Gasteiger partial charge in [-0.2, -0.15) is 0 Å². The van der Waals surface area contributed by atoms with Gasteiger partial charge < -0.3 is 5.73 Å². The first-order valence-corrected chi connectivity index (χ1v) is 8.39. The predicted octanol–water partition coefficient (Wildman–Crippen LogP) is 1.23. The van der Waals surface area contributed by atoms with Gasteiger partial charge in [0, 0.05) is 24.0 Å². The zero-order chi connectivity index (χ0) is 13.8. The molecule has 0 aliphatic rings. The smallest absolute Gasteiger partial charge is 0.221 e. The van der Waals surface area contributed by atoms with E-state index >= 15 is 0 Å². The van der Waals surface area contributed by atoms with E-state index < -0.39 is 15.3 Å². The van der Waals surface area contributed by atoms with Crippen LogP contribution in [0.2, 0.25) is 0 Å². The summed E-state index contributed by atoms with van der Waals surface area (Å²) in [7, 11) is -3.50. The fourth-order valence-electron chi connectivity index (χ4n) is 1.48. The van der Waals surface area contributed by atoms with Crippen molar-refractivity contribution in [2.45, 2.75) is 31.4 Å². The lowest BCUT2D eigenvalue weighted by Crippen LogP contribution is -2.42. The van der Waals surface area contributed by atoms with E-state index in [1.54, 1.807) is 13.1 Å². The highest BCUT2D eigenvalue weighted by Gasteiger charge is 2.26. The minimum Gasteiger partial charge on any atom is -0.392 e. The van der Waals surface area contributed by atoms with Crippen molar-refractivity contribution in [3.63, 3.8) is 0 Å². The third-order valence-corrected chi connectivity index (χ3v) is 5.87. The van der Waals surface area contributed by atoms with Gasteiger partial charge in [0.1, 0.15) is 5.25 Å². The highest BCUT2D eigenvalue weighted by molar-refractivity contribution is 7.93. The highest BCUT2D eigenvalue weighted by atomic mass is 32.2. The third-order valence-electron chi connectivity index (χ3n) is 2.53. The van der Waals surface area contributed by atoms with E-state index in [1.807, 2.05) is 12.3 Å². The summed E-state index contributed by atoms with van der Waals surface area (Å²) in [6.45, 7) is 3.96. The van der Waals surface area contributed by atoms with Crippen molar-refractivity contribution in [2.24, 2.45) is 5.73 Å². The largest absolute Gasteiger partial charge is 0.392 e. The summed E-state index contributed by atoms with van der Waals surface area (Å²) in [6.07, 6.45) is 2.07. The Hall–Kier alpha value is -0.570. The summed E-state index contributed by atoms with van der Waals surface area (Å²) >= 11 is 6.28. The molecule has 3 N–H and O–H groups in total. The Morgan fingerprint density at radius 1 is 1.67 bits per heavy atom. The maximum absolute atomic E-state index is 12.0. The van der Waals surface area contributed by atoms with Crippen molar-refractivity contribution in [1.29, 1.82) is 0 Å². The summed E-state index contributed by atoms with van der Waals surface area (Å²) in [5.41, 5.74) is 5.44. The third kappa shape index (κ3) is 3.98. The van der Waals surface area contributed by atoms with E-state index in [4.69, 9.17) is 18.0 Å². The molecule has 102 valence electrons. The molecule has 18 heavy (non-hydrogen) atoms. The van der Waals surface area contributed by atoms with Gasteiger partial charge in [-0.3, -0.25) is 0 Å². The summed E-state index contributed by atoms with van der Waals surface area (Å²) < 4.78 is 26.5. The number of hydrogen-bond donors (Lipinski definition) is 2. The molecule has 1 rings (SSSR count). The van der Waals surface area contributed by atoms with Crippen LogP contribution in [-0.2, 0) is 10.0 Å². The number of aromatic nitrogens is 1. The highest BCUT2D eigenvalue weighted by Crippen LogP contribution is 2.17. The summed E-state index contributed by atoms with van der Waals surface area (Å²) in [4.78, 5) is 4.16. The molecule has 0 saturated carbocycles. The van der Waals surface area contributed by atoms with E-state index in [0.29, 0.717) is 13.0 Å². The number of sulfonamides is 1. The quantitative estimate of drug-likeness (QED) is 0.740. The molecule has 0 saturated heterocycles. The Morgan fingerprint density at radius 3 is 2.78 bits per heavy atom. The molecule has 0 bridgehead atoms. The molecule has 1 aromatic heterocycles. The molecule has 2 atom stereocenters. The number of nitrogens with two attached hydrogens (primary N) is 1. The maximum Gasteiger partial charge on any atom is 0.221 e. The molecule has 0 radical (unpaired) electrons. The number of hydrogen-bond acceptors (Lipinski definition) is 5. The second-order valence-corrected chi connectivity index (χ2v) is 7.31. The van der Waals surface area contributed by atoms with Crippen molar-refractivity contribution < 1.29 is 8.42 Å². The van der Waals surface area contributed by atoms with Gasteiger partial charge in [-0.1, -0.05) is 26.1 Å². The Bertz CT molecular complexity index is 484. The van der Waals surface area contributed by atoms with Crippen LogP contribution in [-0.4, -0.2) is 30.2 Å². The molecule has 5 nitrogen and oxygen atoms in total. The van der Waals surface area contributed by atoms with Crippen LogP contribution in [0.15, 0.2) is 11.6 Å². The van der Waals surface area contributed by atoms with Crippen molar-refractivity contribution in [2.75, 3.05) is 6.54 Å². The second-order valence-electron chi connectivity index (χ2n) is 3.96. The van der Waals surface area contributed by atoms with Crippen molar-refractivity contribution >= 4 is 38.6 Å². The van der Waals surface area contributed by atoms with Crippen LogP contribution in [0.25, 0.3) is 0 Å². The van der Waals surface area contributed by atoms with Crippen molar-refractivity contribution in [1.82, 2.24) is 9.71 Å². The van der Waals surface area contributed by atoms with Gasteiger partial charge >= 0.3 is 0 Å². The Labute approximate surface area is 117 Å². The number of nitrogens with zero attached hydrogens (tertiary/aromatic N) is 1. The van der Waals surface area contributed by atoms with Crippen LogP contribution >= 0.6 is 23.6 Å². The Kier molecular flexibility index (Phi) is 5.64. The minimum absolute atomic E-state index is 0.00639. The lowest BCUT2D eigenvalue weighted by Gasteiger charge is -2.16. The number of nitrogens with one attached hydrogen (secondary N) is 1. The van der Waals surface area contributed by atoms with Crippen LogP contribution in [0.5, 0.6) is 0 Å². The van der Waals surface area contributed by atoms with Crippen LogP contribution in [0, 0.1) is 0 Å². The molecule has 0 aliphatic heterocycles. The Morgan fingerprint density at radius 2 is 2.33 bits per heavy atom. The zero-order valence-corrected chi connectivity index (χ0v) is 12.7. The van der Waals surface area contributed by atoms with Crippen LogP contribution in [0.3, 0.4) is 0 Å². The topological polar surface area (TPSA) is 85.1 Å². The fraction of sp³-hybridized carbons (Fsp3) is 0.600. The molecule has 0 fully saturated rings. The van der Waals surface area contributed by atoms with Gasteiger partial charge in [0.2, 0.25) is 10.0 Å². The molecule has 0 aromatic carbocycles. The van der Waals surface area contributed by atoms with Gasteiger partial charge in [0.15, 0.2) is 0 Å². The van der Waals surface area contributed by atoms with E-state index in [-0.39, 0.29) is 10.9 Å². The molecule has 1 heterocycles. The van der Waals surface area contributed by atoms with Gasteiger partial charge in [0.25, 0.3) is 0 Å². The first kappa shape index (κ1) is 15.5. The lowest BCUT2D eigenvalue weighted by molar-refractivity contribution is 0.567. The second kappa shape index (κ2) is 6.55. The summed E-state index contributed by atoms with van der Waals surface area (Å²) in [5, 5.41) is 1.96. The summed E-state index contributed by atoms with van der Waals surface area (Å²) in [6, 6.07) is 0. The lowest BCUT2D eigenvalue weighted by atomic mass is 10.2. The monoisotopic (exact) mass is 307 g/mol. The Balaban J connectivity index is 2.64. The average Bonchev–Trinajstić information content (AvgIpc) is 2.79. The van der Waals surface area contributed by atoms with Crippen LogP contribution < -0.4 is 10.5 Å². The molecule has 1 aromatic rings. The first-order valence-electron chi connectivity index (χ1n) is 5.55. The SMILES string of the molecule is CCC(C(N)=S)S(=O)(=O)NCC(C)c1nccs1. The van der Waals surface area contributed by atoms with E-state index in [9.17, 15) is 8.42 Å². The predicted molar refractivity (Wildman–Crippen MR) is 78.3 cm³/mol. The molecule has 0 amide bonds. The first-order chi connectivity index (χ1) is 8.38. The van der Waals surface area contributed by atoms with Gasteiger partial charge in [-0.15, -0.1) is 11.3 Å². The molecule has 8 heteroatoms. The van der Waals surface area contributed by atoms with E-state index in [1.165, 1.54) is 11.3 Å². The maximum atomic E-state index is 12.0. The number of rotatable bonds is 7. The minimum atomic E-state index is -3.50. The summed E-state index contributed by atoms with van der Waals surface area (Å²) in [5.74, 6) is 0.0311. The zero-order valence-electron chi connectivity index (χ0n) is 10.3. The standard InChI is InChI=1S/C10H17N3O2S3/c1-3-8(9(11)16)18(14,15)13-6-7(2)10-12-4-5-17-10/h4-5,7-8,13H,3,6H2,1-2H3,(H2,11,16). The fourth-order valence-corrected chi connectivity index (χ4v) is 4.15. The average molecular weight is 307 g/mol. The van der Waals surface area contributed by atoms with Crippen LogP contribution in [0.4, 0.5) is 0 Å². The molecular formula is C10H17N3O2S3. The van der Waals surface area contributed by atoms with Crippen molar-refractivity contribution in [3.8, 4) is 0 Å². The molecule has 0 spiro atoms. The van der Waals surface area contributed by atoms with Crippen molar-refractivity contribution in [3.05, 3.63) is 16.6 Å². The van der Waals surface area contributed by atoms with E-state index in [0.717, 1.165) is 5.01 Å². The molecule has 0 aliphatic carbocycles. The number of thiazole rings is 1. The normalized spacial score (nSPS) is 15.2. The van der Waals surface area contributed by atoms with Gasteiger partial charge in [-0.25, -0.2) is 18.1 Å². The van der Waals surface area contributed by atoms with Gasteiger partial charge in [-0.05, 0) is 6.42 Å². The molecule has 2 unspecified atom stereocenters. The van der Waals surface area contributed by atoms with Crippen LogP contribution in [0.1, 0.15) is 31.2 Å². The molecular weight excluding hydrogens is 290 g/mol. The number of thiocarbonyl (C=S) groups is 1.